The Kier molecular flexibility index (Phi) is 8.79. The van der Waals surface area contributed by atoms with Gasteiger partial charge in [-0.25, -0.2) is 13.2 Å². The highest BCUT2D eigenvalue weighted by molar-refractivity contribution is 7.90. The number of anilines is 1. The Labute approximate surface area is 202 Å². The molecule has 33 heavy (non-hydrogen) atoms. The Morgan fingerprint density at radius 3 is 2.55 bits per heavy atom. The van der Waals surface area contributed by atoms with Crippen molar-refractivity contribution in [1.82, 2.24) is 10.2 Å². The van der Waals surface area contributed by atoms with Gasteiger partial charge in [-0.2, -0.15) is 0 Å². The van der Waals surface area contributed by atoms with Crippen LogP contribution in [0.25, 0.3) is 0 Å². The minimum Gasteiger partial charge on any atom is -0.337 e. The van der Waals surface area contributed by atoms with Crippen molar-refractivity contribution < 1.29 is 13.2 Å². The van der Waals surface area contributed by atoms with E-state index in [9.17, 15) is 13.2 Å². The molecule has 8 heteroatoms. The van der Waals surface area contributed by atoms with Gasteiger partial charge < -0.3 is 10.6 Å². The Bertz CT molecular complexity index is 1040. The zero-order valence-electron chi connectivity index (χ0n) is 19.6. The van der Waals surface area contributed by atoms with Crippen molar-refractivity contribution in [3.63, 3.8) is 0 Å². The smallest absolute Gasteiger partial charge is 0.319 e. The van der Waals surface area contributed by atoms with Crippen molar-refractivity contribution in [1.29, 1.82) is 0 Å². The molecule has 6 nitrogen and oxygen atoms in total. The molecule has 3 unspecified atom stereocenters. The van der Waals surface area contributed by atoms with Crippen molar-refractivity contribution >= 4 is 33.2 Å². The predicted octanol–water partition coefficient (Wildman–Crippen LogP) is 4.99. The largest absolute Gasteiger partial charge is 0.337 e. The van der Waals surface area contributed by atoms with Crippen LogP contribution in [0.15, 0.2) is 53.4 Å². The summed E-state index contributed by atoms with van der Waals surface area (Å²) in [7, 11) is -3.32. The van der Waals surface area contributed by atoms with Crippen LogP contribution in [0.4, 0.5) is 10.5 Å². The first-order valence-electron chi connectivity index (χ1n) is 11.5. The first-order chi connectivity index (χ1) is 15.7. The molecule has 1 saturated heterocycles. The van der Waals surface area contributed by atoms with Crippen LogP contribution in [-0.4, -0.2) is 50.8 Å². The van der Waals surface area contributed by atoms with Crippen LogP contribution >= 0.6 is 11.6 Å². The summed E-state index contributed by atoms with van der Waals surface area (Å²) in [5.41, 5.74) is 1.79. The average molecular weight is 492 g/mol. The number of piperidine rings is 1. The number of urea groups is 1. The van der Waals surface area contributed by atoms with E-state index in [1.165, 1.54) is 17.7 Å². The van der Waals surface area contributed by atoms with Gasteiger partial charge in [0.1, 0.15) is 0 Å². The highest BCUT2D eigenvalue weighted by atomic mass is 35.5. The average Bonchev–Trinajstić information content (AvgIpc) is 2.76. The molecule has 1 heterocycles. The van der Waals surface area contributed by atoms with E-state index in [2.05, 4.69) is 41.5 Å². The quantitative estimate of drug-likeness (QED) is 0.545. The monoisotopic (exact) mass is 491 g/mol. The molecule has 1 aliphatic rings. The van der Waals surface area contributed by atoms with Gasteiger partial charge in [0.05, 0.1) is 4.90 Å². The van der Waals surface area contributed by atoms with Gasteiger partial charge in [-0.05, 0) is 74.4 Å². The fraction of sp³-hybridized carbons (Fsp3) is 0.480. The first-order valence-corrected chi connectivity index (χ1v) is 13.8. The summed E-state index contributed by atoms with van der Waals surface area (Å²) in [6.45, 7) is 5.81. The molecule has 3 atom stereocenters. The number of likely N-dealkylation sites (tertiary alicyclic amines) is 1. The van der Waals surface area contributed by atoms with Crippen molar-refractivity contribution in [2.24, 2.45) is 5.92 Å². The van der Waals surface area contributed by atoms with E-state index in [0.29, 0.717) is 30.2 Å². The van der Waals surface area contributed by atoms with E-state index in [-0.39, 0.29) is 10.9 Å². The second kappa shape index (κ2) is 11.4. The van der Waals surface area contributed by atoms with E-state index >= 15 is 0 Å². The second-order valence-electron chi connectivity index (χ2n) is 9.00. The standard InChI is InChI=1S/C25H34ClN3O3S/c1-4-23-16-20(15-19-8-10-21(26)11-9-19)14-18(2)29(23)13-12-27-25(30)28-22-6-5-7-24(17-22)33(3,31)32/h5-11,17-18,20,23H,4,12-16H2,1-3H3,(H2,27,28,30). The number of halogens is 1. The molecule has 1 fully saturated rings. The number of rotatable bonds is 8. The maximum absolute atomic E-state index is 12.3. The topological polar surface area (TPSA) is 78.5 Å². The minimum absolute atomic E-state index is 0.182. The van der Waals surface area contributed by atoms with Gasteiger partial charge in [-0.1, -0.05) is 36.7 Å². The number of sulfone groups is 1. The zero-order valence-corrected chi connectivity index (χ0v) is 21.1. The third kappa shape index (κ3) is 7.45. The maximum Gasteiger partial charge on any atom is 0.319 e. The molecule has 3 rings (SSSR count). The summed E-state index contributed by atoms with van der Waals surface area (Å²) in [4.78, 5) is 15.0. The lowest BCUT2D eigenvalue weighted by atomic mass is 9.82. The number of benzene rings is 2. The molecule has 2 aromatic carbocycles. The Hall–Kier alpha value is -2.09. The molecule has 0 bridgehead atoms. The maximum atomic E-state index is 12.3. The SMILES string of the molecule is CCC1CC(Cc2ccc(Cl)cc2)CC(C)N1CCNC(=O)Nc1cccc(S(C)(=O)=O)c1. The number of nitrogens with zero attached hydrogens (tertiary/aromatic N) is 1. The Balaban J connectivity index is 1.49. The second-order valence-corrected chi connectivity index (χ2v) is 11.5. The van der Waals surface area contributed by atoms with Gasteiger partial charge in [0.2, 0.25) is 0 Å². The number of carbonyl (C=O) groups is 1. The van der Waals surface area contributed by atoms with Crippen molar-refractivity contribution in [2.45, 2.75) is 56.5 Å². The molecular weight excluding hydrogens is 458 g/mol. The number of nitrogens with one attached hydrogen (secondary N) is 2. The van der Waals surface area contributed by atoms with Crippen molar-refractivity contribution in [2.75, 3.05) is 24.7 Å². The fourth-order valence-electron chi connectivity index (χ4n) is 4.80. The summed E-state index contributed by atoms with van der Waals surface area (Å²) in [5, 5.41) is 6.40. The molecule has 180 valence electrons. The number of amides is 2. The minimum atomic E-state index is -3.32. The molecule has 0 spiro atoms. The lowest BCUT2D eigenvalue weighted by molar-refractivity contribution is 0.0598. The van der Waals surface area contributed by atoms with Crippen LogP contribution in [-0.2, 0) is 16.3 Å². The molecule has 2 amide bonds. The lowest BCUT2D eigenvalue weighted by Gasteiger charge is -2.44. The van der Waals surface area contributed by atoms with Gasteiger partial charge in [0.25, 0.3) is 0 Å². The fourth-order valence-corrected chi connectivity index (χ4v) is 5.59. The summed E-state index contributed by atoms with van der Waals surface area (Å²) in [5.74, 6) is 0.640. The molecule has 0 saturated carbocycles. The molecule has 0 aliphatic carbocycles. The molecule has 0 aromatic heterocycles. The summed E-state index contributed by atoms with van der Waals surface area (Å²) >= 11 is 6.02. The van der Waals surface area contributed by atoms with E-state index < -0.39 is 9.84 Å². The summed E-state index contributed by atoms with van der Waals surface area (Å²) in [6, 6.07) is 15.0. The van der Waals surface area contributed by atoms with Crippen molar-refractivity contribution in [3.05, 3.63) is 59.1 Å². The van der Waals surface area contributed by atoms with Gasteiger partial charge in [0, 0.05) is 42.1 Å². The van der Waals surface area contributed by atoms with Crippen molar-refractivity contribution in [3.8, 4) is 0 Å². The van der Waals surface area contributed by atoms with Crippen LogP contribution in [0.3, 0.4) is 0 Å². The van der Waals surface area contributed by atoms with Gasteiger partial charge in [-0.15, -0.1) is 0 Å². The lowest BCUT2D eigenvalue weighted by Crippen LogP contribution is -2.50. The Morgan fingerprint density at radius 2 is 1.88 bits per heavy atom. The molecular formula is C25H34ClN3O3S. The predicted molar refractivity (Wildman–Crippen MR) is 135 cm³/mol. The third-order valence-corrected chi connectivity index (χ3v) is 7.76. The number of carbonyl (C=O) groups excluding carboxylic acids is 1. The molecule has 2 N–H and O–H groups in total. The van der Waals surface area contributed by atoms with E-state index in [4.69, 9.17) is 11.6 Å². The van der Waals surface area contributed by atoms with Gasteiger partial charge in [0.15, 0.2) is 9.84 Å². The summed E-state index contributed by atoms with van der Waals surface area (Å²) < 4.78 is 23.4. The van der Waals surface area contributed by atoms with E-state index in [0.717, 1.165) is 43.5 Å². The van der Waals surface area contributed by atoms with E-state index in [1.54, 1.807) is 12.1 Å². The van der Waals surface area contributed by atoms with Crippen LogP contribution < -0.4 is 10.6 Å². The highest BCUT2D eigenvalue weighted by Crippen LogP contribution is 2.31. The molecule has 2 aromatic rings. The van der Waals surface area contributed by atoms with Crippen LogP contribution in [0, 0.1) is 5.92 Å². The van der Waals surface area contributed by atoms with Gasteiger partial charge >= 0.3 is 6.03 Å². The summed E-state index contributed by atoms with van der Waals surface area (Å²) in [6.07, 6.45) is 5.57. The normalized spacial score (nSPS) is 21.5. The van der Waals surface area contributed by atoms with E-state index in [1.807, 2.05) is 12.1 Å². The zero-order chi connectivity index (χ0) is 24.0. The number of hydrogen-bond donors (Lipinski definition) is 2. The van der Waals surface area contributed by atoms with Crippen LogP contribution in [0.5, 0.6) is 0 Å². The van der Waals surface area contributed by atoms with Gasteiger partial charge in [-0.3, -0.25) is 4.90 Å². The van der Waals surface area contributed by atoms with Crippen LogP contribution in [0.2, 0.25) is 5.02 Å². The molecule has 0 radical (unpaired) electrons. The van der Waals surface area contributed by atoms with Crippen LogP contribution in [0.1, 0.15) is 38.7 Å². The first kappa shape index (κ1) is 25.5. The Morgan fingerprint density at radius 1 is 1.15 bits per heavy atom. The number of hydrogen-bond acceptors (Lipinski definition) is 4. The molecule has 1 aliphatic heterocycles. The third-order valence-electron chi connectivity index (χ3n) is 6.40. The highest BCUT2D eigenvalue weighted by Gasteiger charge is 2.32.